The van der Waals surface area contributed by atoms with Crippen LogP contribution in [0.15, 0.2) is 29.2 Å². The molecule has 2 aromatic heterocycles. The van der Waals surface area contributed by atoms with Crippen LogP contribution in [0, 0.1) is 6.92 Å². The number of nitrogens with zero attached hydrogens (tertiary/aromatic N) is 3. The van der Waals surface area contributed by atoms with Crippen LogP contribution in [0.5, 0.6) is 0 Å². The van der Waals surface area contributed by atoms with Gasteiger partial charge in [0.1, 0.15) is 6.10 Å². The van der Waals surface area contributed by atoms with Crippen LogP contribution >= 0.6 is 11.3 Å². The highest BCUT2D eigenvalue weighted by atomic mass is 32.1. The number of ether oxygens (including phenoxy) is 1. The van der Waals surface area contributed by atoms with Crippen LogP contribution in [0.1, 0.15) is 30.6 Å². The Morgan fingerprint density at radius 3 is 3.08 bits per heavy atom. The van der Waals surface area contributed by atoms with Gasteiger partial charge in [-0.15, -0.1) is 0 Å². The molecule has 3 heterocycles. The van der Waals surface area contributed by atoms with Gasteiger partial charge >= 0.3 is 6.03 Å². The molecule has 2 atom stereocenters. The van der Waals surface area contributed by atoms with Crippen LogP contribution in [0.2, 0.25) is 0 Å². The highest BCUT2D eigenvalue weighted by Crippen LogP contribution is 2.26. The molecule has 130 valence electrons. The van der Waals surface area contributed by atoms with Crippen LogP contribution in [0.25, 0.3) is 0 Å². The van der Waals surface area contributed by atoms with Crippen LogP contribution in [-0.2, 0) is 11.3 Å². The highest BCUT2D eigenvalue weighted by molar-refractivity contribution is 7.07. The van der Waals surface area contributed by atoms with Crippen molar-refractivity contribution in [1.82, 2.24) is 20.0 Å². The molecular formula is C17H24N4O2S. The number of rotatable bonds is 5. The maximum atomic E-state index is 12.4. The van der Waals surface area contributed by atoms with Gasteiger partial charge in [-0.1, -0.05) is 0 Å². The number of carbonyl (C=O) groups excluding carboxylic acids is 1. The predicted molar refractivity (Wildman–Crippen MR) is 94.2 cm³/mol. The Hall–Kier alpha value is -1.86. The van der Waals surface area contributed by atoms with Crippen molar-refractivity contribution in [3.8, 4) is 0 Å². The van der Waals surface area contributed by atoms with E-state index in [0.717, 1.165) is 24.1 Å². The summed E-state index contributed by atoms with van der Waals surface area (Å²) in [6.07, 6.45) is 4.73. The van der Waals surface area contributed by atoms with Gasteiger partial charge < -0.3 is 15.0 Å². The zero-order valence-corrected chi connectivity index (χ0v) is 15.0. The lowest BCUT2D eigenvalue weighted by atomic mass is 10.1. The summed E-state index contributed by atoms with van der Waals surface area (Å²) in [5, 5.41) is 11.4. The summed E-state index contributed by atoms with van der Waals surface area (Å²) in [6, 6.07) is 2.05. The number of hydrogen-bond acceptors (Lipinski definition) is 4. The Bertz CT molecular complexity index is 655. The van der Waals surface area contributed by atoms with Crippen molar-refractivity contribution in [2.75, 3.05) is 19.6 Å². The van der Waals surface area contributed by atoms with Gasteiger partial charge in [0, 0.05) is 25.8 Å². The van der Waals surface area contributed by atoms with Gasteiger partial charge in [-0.05, 0) is 48.2 Å². The van der Waals surface area contributed by atoms with E-state index in [2.05, 4.69) is 21.9 Å². The molecule has 0 aromatic carbocycles. The average Bonchev–Trinajstić information content (AvgIpc) is 3.22. The van der Waals surface area contributed by atoms with E-state index in [1.54, 1.807) is 11.3 Å². The fourth-order valence-electron chi connectivity index (χ4n) is 2.90. The lowest BCUT2D eigenvalue weighted by Crippen LogP contribution is -2.50. The molecule has 1 aliphatic heterocycles. The second-order valence-electron chi connectivity index (χ2n) is 6.26. The lowest BCUT2D eigenvalue weighted by Gasteiger charge is -2.36. The van der Waals surface area contributed by atoms with Crippen LogP contribution in [0.3, 0.4) is 0 Å². The zero-order valence-electron chi connectivity index (χ0n) is 14.1. The Labute approximate surface area is 146 Å². The van der Waals surface area contributed by atoms with Gasteiger partial charge in [0.15, 0.2) is 0 Å². The van der Waals surface area contributed by atoms with Crippen LogP contribution < -0.4 is 5.32 Å². The molecule has 1 N–H and O–H groups in total. The number of morpholine rings is 1. The van der Waals surface area contributed by atoms with E-state index >= 15 is 0 Å². The molecule has 1 saturated heterocycles. The Balaban J connectivity index is 1.45. The molecule has 1 aliphatic rings. The van der Waals surface area contributed by atoms with Crippen molar-refractivity contribution in [3.63, 3.8) is 0 Å². The van der Waals surface area contributed by atoms with Gasteiger partial charge in [-0.25, -0.2) is 4.79 Å². The van der Waals surface area contributed by atoms with E-state index in [0.29, 0.717) is 19.6 Å². The molecule has 0 spiro atoms. The first kappa shape index (κ1) is 17.0. The van der Waals surface area contributed by atoms with Gasteiger partial charge in [0.25, 0.3) is 0 Å². The molecule has 0 bridgehead atoms. The number of hydrogen-bond donors (Lipinski definition) is 1. The van der Waals surface area contributed by atoms with Crippen molar-refractivity contribution in [2.45, 2.75) is 39.0 Å². The molecule has 3 rings (SSSR count). The third-order valence-electron chi connectivity index (χ3n) is 4.07. The fraction of sp³-hybridized carbons (Fsp3) is 0.529. The molecule has 6 nitrogen and oxygen atoms in total. The SMILES string of the molecule is Cc1cnn(CCCNC(=O)N2C[C@H](C)O[C@@H](c3ccsc3)C2)c1. The van der Waals surface area contributed by atoms with Crippen molar-refractivity contribution in [1.29, 1.82) is 0 Å². The summed E-state index contributed by atoms with van der Waals surface area (Å²) in [5.74, 6) is 0. The smallest absolute Gasteiger partial charge is 0.317 e. The molecule has 0 saturated carbocycles. The summed E-state index contributed by atoms with van der Waals surface area (Å²) in [5.41, 5.74) is 2.30. The van der Waals surface area contributed by atoms with E-state index in [-0.39, 0.29) is 18.2 Å². The predicted octanol–water partition coefficient (Wildman–Crippen LogP) is 2.81. The summed E-state index contributed by atoms with van der Waals surface area (Å²) in [7, 11) is 0. The topological polar surface area (TPSA) is 59.4 Å². The zero-order chi connectivity index (χ0) is 16.9. The monoisotopic (exact) mass is 348 g/mol. The molecule has 0 unspecified atom stereocenters. The van der Waals surface area contributed by atoms with E-state index in [1.807, 2.05) is 41.2 Å². The summed E-state index contributed by atoms with van der Waals surface area (Å²) in [4.78, 5) is 14.3. The first-order valence-electron chi connectivity index (χ1n) is 8.31. The number of aromatic nitrogens is 2. The molecule has 2 amide bonds. The normalized spacial score (nSPS) is 21.0. The maximum absolute atomic E-state index is 12.4. The van der Waals surface area contributed by atoms with E-state index in [1.165, 1.54) is 0 Å². The number of thiophene rings is 1. The van der Waals surface area contributed by atoms with Crippen molar-refractivity contribution in [2.24, 2.45) is 0 Å². The number of amides is 2. The number of urea groups is 1. The molecular weight excluding hydrogens is 324 g/mol. The summed E-state index contributed by atoms with van der Waals surface area (Å²) in [6.45, 7) is 6.72. The number of aryl methyl sites for hydroxylation is 2. The van der Waals surface area contributed by atoms with Gasteiger partial charge in [-0.2, -0.15) is 16.4 Å². The standard InChI is InChI=1S/C17H24N4O2S/c1-13-8-19-21(9-13)6-3-5-18-17(22)20-10-14(2)23-16(11-20)15-4-7-24-12-15/h4,7-9,12,14,16H,3,5-6,10-11H2,1-2H3,(H,18,22)/t14-,16+/m0/s1. The maximum Gasteiger partial charge on any atom is 0.317 e. The van der Waals surface area contributed by atoms with Gasteiger partial charge in [0.2, 0.25) is 0 Å². The Kier molecular flexibility index (Phi) is 5.52. The largest absolute Gasteiger partial charge is 0.367 e. The Morgan fingerprint density at radius 2 is 2.38 bits per heavy atom. The number of carbonyl (C=O) groups is 1. The fourth-order valence-corrected chi connectivity index (χ4v) is 3.60. The molecule has 2 aromatic rings. The average molecular weight is 348 g/mol. The molecule has 7 heteroatoms. The third kappa shape index (κ3) is 4.36. The van der Waals surface area contributed by atoms with Gasteiger partial charge in [0.05, 0.1) is 18.8 Å². The van der Waals surface area contributed by atoms with E-state index in [4.69, 9.17) is 4.74 Å². The lowest BCUT2D eigenvalue weighted by molar-refractivity contribution is -0.0654. The molecule has 0 radical (unpaired) electrons. The van der Waals surface area contributed by atoms with Crippen LogP contribution in [0.4, 0.5) is 4.79 Å². The molecule has 1 fully saturated rings. The first-order valence-corrected chi connectivity index (χ1v) is 9.25. The first-order chi connectivity index (χ1) is 11.6. The minimum Gasteiger partial charge on any atom is -0.367 e. The van der Waals surface area contributed by atoms with Gasteiger partial charge in [-0.3, -0.25) is 4.68 Å². The summed E-state index contributed by atoms with van der Waals surface area (Å²) < 4.78 is 7.88. The van der Waals surface area contributed by atoms with Crippen molar-refractivity contribution >= 4 is 17.4 Å². The highest BCUT2D eigenvalue weighted by Gasteiger charge is 2.29. The van der Waals surface area contributed by atoms with Crippen molar-refractivity contribution in [3.05, 3.63) is 40.3 Å². The second-order valence-corrected chi connectivity index (χ2v) is 7.04. The second kappa shape index (κ2) is 7.81. The summed E-state index contributed by atoms with van der Waals surface area (Å²) >= 11 is 1.65. The minimum absolute atomic E-state index is 0.0120. The Morgan fingerprint density at radius 1 is 1.50 bits per heavy atom. The minimum atomic E-state index is -0.0298. The van der Waals surface area contributed by atoms with E-state index < -0.39 is 0 Å². The van der Waals surface area contributed by atoms with E-state index in [9.17, 15) is 4.79 Å². The molecule has 0 aliphatic carbocycles. The van der Waals surface area contributed by atoms with Crippen molar-refractivity contribution < 1.29 is 9.53 Å². The van der Waals surface area contributed by atoms with Crippen LogP contribution in [-0.4, -0.2) is 46.4 Å². The molecule has 24 heavy (non-hydrogen) atoms. The number of nitrogens with one attached hydrogen (secondary N) is 1. The quantitative estimate of drug-likeness (QED) is 0.845. The third-order valence-corrected chi connectivity index (χ3v) is 4.77.